The predicted octanol–water partition coefficient (Wildman–Crippen LogP) is 3.58. The minimum absolute atomic E-state index is 0.122. The molecule has 0 saturated heterocycles. The molecule has 1 unspecified atom stereocenters. The SMILES string of the molecule is CCCCOCOC(C(=O)F)[C@H](CC(C)C)NC(=O)OC(C)(C)C. The quantitative estimate of drug-likeness (QED) is 0.351. The first-order valence-electron chi connectivity index (χ1n) is 8.45. The maximum atomic E-state index is 13.4. The molecule has 142 valence electrons. The zero-order valence-corrected chi connectivity index (χ0v) is 15.7. The van der Waals surface area contributed by atoms with Gasteiger partial charge >= 0.3 is 12.1 Å². The van der Waals surface area contributed by atoms with Gasteiger partial charge in [-0.1, -0.05) is 27.2 Å². The number of ether oxygens (including phenoxy) is 3. The molecule has 0 aromatic carbocycles. The molecule has 0 fully saturated rings. The number of halogens is 1. The van der Waals surface area contributed by atoms with E-state index in [0.717, 1.165) is 12.8 Å². The van der Waals surface area contributed by atoms with Crippen LogP contribution in [0.3, 0.4) is 0 Å². The Morgan fingerprint density at radius 2 is 1.83 bits per heavy atom. The standard InChI is InChI=1S/C17H32FNO5/c1-7-8-9-22-11-23-14(15(18)20)13(10-12(2)3)19-16(21)24-17(4,5)6/h12-14H,7-11H2,1-6H3,(H,19,21)/t13-,14?/m0/s1. The lowest BCUT2D eigenvalue weighted by atomic mass is 9.99. The second kappa shape index (κ2) is 11.4. The van der Waals surface area contributed by atoms with Crippen molar-refractivity contribution in [2.75, 3.05) is 13.4 Å². The third-order valence-electron chi connectivity index (χ3n) is 2.99. The van der Waals surface area contributed by atoms with Crippen molar-refractivity contribution in [1.29, 1.82) is 0 Å². The first-order valence-corrected chi connectivity index (χ1v) is 8.45. The summed E-state index contributed by atoms with van der Waals surface area (Å²) in [5.74, 6) is 0.122. The smallest absolute Gasteiger partial charge is 0.407 e. The average Bonchev–Trinajstić information content (AvgIpc) is 2.38. The molecule has 0 spiro atoms. The molecular formula is C17H32FNO5. The molecule has 0 aliphatic heterocycles. The summed E-state index contributed by atoms with van der Waals surface area (Å²) >= 11 is 0. The molecule has 2 atom stereocenters. The van der Waals surface area contributed by atoms with Crippen LogP contribution in [-0.4, -0.2) is 43.3 Å². The van der Waals surface area contributed by atoms with Gasteiger partial charge in [0.15, 0.2) is 6.10 Å². The van der Waals surface area contributed by atoms with E-state index in [1.165, 1.54) is 0 Å². The Balaban J connectivity index is 4.79. The van der Waals surface area contributed by atoms with Crippen molar-refractivity contribution in [1.82, 2.24) is 5.32 Å². The number of carbonyl (C=O) groups excluding carboxylic acids is 2. The average molecular weight is 349 g/mol. The highest BCUT2D eigenvalue weighted by Gasteiger charge is 2.32. The van der Waals surface area contributed by atoms with Gasteiger partial charge in [0, 0.05) is 6.61 Å². The summed E-state index contributed by atoms with van der Waals surface area (Å²) in [6.07, 6.45) is 0.0516. The number of nitrogens with one attached hydrogen (secondary N) is 1. The number of alkyl carbamates (subject to hydrolysis) is 1. The van der Waals surface area contributed by atoms with Gasteiger partial charge in [0.2, 0.25) is 0 Å². The van der Waals surface area contributed by atoms with Crippen molar-refractivity contribution in [3.63, 3.8) is 0 Å². The first kappa shape index (κ1) is 22.8. The molecule has 24 heavy (non-hydrogen) atoms. The maximum Gasteiger partial charge on any atom is 0.407 e. The number of carbonyl (C=O) groups is 2. The van der Waals surface area contributed by atoms with Crippen molar-refractivity contribution in [3.8, 4) is 0 Å². The Labute approximate surface area is 144 Å². The van der Waals surface area contributed by atoms with Crippen LogP contribution in [0.1, 0.15) is 60.8 Å². The van der Waals surface area contributed by atoms with Crippen molar-refractivity contribution in [3.05, 3.63) is 0 Å². The molecule has 0 saturated carbocycles. The Bertz CT molecular complexity index is 382. The van der Waals surface area contributed by atoms with Crippen molar-refractivity contribution >= 4 is 12.1 Å². The Morgan fingerprint density at radius 1 is 1.21 bits per heavy atom. The third kappa shape index (κ3) is 11.3. The van der Waals surface area contributed by atoms with Gasteiger partial charge in [0.1, 0.15) is 12.4 Å². The summed E-state index contributed by atoms with van der Waals surface area (Å²) in [5, 5.41) is 2.54. The van der Waals surface area contributed by atoms with Crippen LogP contribution in [0.25, 0.3) is 0 Å². The molecule has 0 bridgehead atoms. The van der Waals surface area contributed by atoms with E-state index >= 15 is 0 Å². The number of hydrogen-bond donors (Lipinski definition) is 1. The second-order valence-electron chi connectivity index (χ2n) is 7.15. The first-order chi connectivity index (χ1) is 11.1. The molecule has 7 heteroatoms. The highest BCUT2D eigenvalue weighted by atomic mass is 19.1. The number of unbranched alkanes of at least 4 members (excludes halogenated alkanes) is 1. The normalized spacial score (nSPS) is 14.3. The summed E-state index contributed by atoms with van der Waals surface area (Å²) in [4.78, 5) is 23.3. The summed E-state index contributed by atoms with van der Waals surface area (Å²) < 4.78 is 29.0. The molecule has 6 nitrogen and oxygen atoms in total. The van der Waals surface area contributed by atoms with Crippen molar-refractivity contribution < 1.29 is 28.2 Å². The van der Waals surface area contributed by atoms with Crippen LogP contribution in [0.4, 0.5) is 9.18 Å². The molecule has 0 aliphatic carbocycles. The number of rotatable bonds is 11. The van der Waals surface area contributed by atoms with Crippen LogP contribution in [0, 0.1) is 5.92 Å². The lowest BCUT2D eigenvalue weighted by molar-refractivity contribution is -0.156. The predicted molar refractivity (Wildman–Crippen MR) is 89.3 cm³/mol. The van der Waals surface area contributed by atoms with E-state index in [-0.39, 0.29) is 12.7 Å². The van der Waals surface area contributed by atoms with Crippen LogP contribution in [0.5, 0.6) is 0 Å². The maximum absolute atomic E-state index is 13.4. The highest BCUT2D eigenvalue weighted by Crippen LogP contribution is 2.15. The van der Waals surface area contributed by atoms with E-state index < -0.39 is 29.9 Å². The van der Waals surface area contributed by atoms with Crippen LogP contribution >= 0.6 is 0 Å². The minimum atomic E-state index is -1.64. The van der Waals surface area contributed by atoms with Gasteiger partial charge in [-0.3, -0.25) is 4.79 Å². The minimum Gasteiger partial charge on any atom is -0.444 e. The van der Waals surface area contributed by atoms with Gasteiger partial charge in [-0.15, -0.1) is 0 Å². The lowest BCUT2D eigenvalue weighted by Gasteiger charge is -2.28. The summed E-state index contributed by atoms with van der Waals surface area (Å²) in [6.45, 7) is 11.3. The Kier molecular flexibility index (Phi) is 10.8. The fraction of sp³-hybridized carbons (Fsp3) is 0.882. The summed E-state index contributed by atoms with van der Waals surface area (Å²) in [6, 6.07) is -2.47. The lowest BCUT2D eigenvalue weighted by Crippen LogP contribution is -2.49. The van der Waals surface area contributed by atoms with Gasteiger partial charge in [-0.05, 0) is 39.5 Å². The van der Waals surface area contributed by atoms with Crippen molar-refractivity contribution in [2.24, 2.45) is 5.92 Å². The topological polar surface area (TPSA) is 73.9 Å². The molecule has 0 rings (SSSR count). The van der Waals surface area contributed by atoms with E-state index in [4.69, 9.17) is 14.2 Å². The Morgan fingerprint density at radius 3 is 2.29 bits per heavy atom. The van der Waals surface area contributed by atoms with E-state index in [9.17, 15) is 14.0 Å². The monoisotopic (exact) mass is 349 g/mol. The van der Waals surface area contributed by atoms with E-state index in [0.29, 0.717) is 13.0 Å². The molecule has 1 N–H and O–H groups in total. The molecule has 0 aromatic heterocycles. The highest BCUT2D eigenvalue weighted by molar-refractivity contribution is 5.76. The zero-order valence-electron chi connectivity index (χ0n) is 15.7. The van der Waals surface area contributed by atoms with Crippen LogP contribution < -0.4 is 5.32 Å². The van der Waals surface area contributed by atoms with Crippen LogP contribution in [-0.2, 0) is 19.0 Å². The molecule has 1 amide bonds. The van der Waals surface area contributed by atoms with Gasteiger partial charge in [0.25, 0.3) is 0 Å². The van der Waals surface area contributed by atoms with E-state index in [1.807, 2.05) is 20.8 Å². The van der Waals surface area contributed by atoms with Gasteiger partial charge in [0.05, 0.1) is 6.04 Å². The fourth-order valence-electron chi connectivity index (χ4n) is 1.99. The Hall–Kier alpha value is -1.21. The molecule has 0 aromatic rings. The van der Waals surface area contributed by atoms with Gasteiger partial charge in [-0.25, -0.2) is 4.79 Å². The van der Waals surface area contributed by atoms with Crippen LogP contribution in [0.2, 0.25) is 0 Å². The molecule has 0 radical (unpaired) electrons. The van der Waals surface area contributed by atoms with Gasteiger partial charge in [-0.2, -0.15) is 4.39 Å². The molecule has 0 heterocycles. The van der Waals surface area contributed by atoms with E-state index in [1.54, 1.807) is 20.8 Å². The van der Waals surface area contributed by atoms with Gasteiger partial charge < -0.3 is 19.5 Å². The molecule has 0 aliphatic rings. The summed E-state index contributed by atoms with van der Waals surface area (Å²) in [5.41, 5.74) is -0.689. The summed E-state index contributed by atoms with van der Waals surface area (Å²) in [7, 11) is 0. The zero-order chi connectivity index (χ0) is 18.8. The number of hydrogen-bond acceptors (Lipinski definition) is 5. The fourth-order valence-corrected chi connectivity index (χ4v) is 1.99. The number of amides is 1. The third-order valence-corrected chi connectivity index (χ3v) is 2.99. The molecular weight excluding hydrogens is 317 g/mol. The second-order valence-corrected chi connectivity index (χ2v) is 7.15. The largest absolute Gasteiger partial charge is 0.444 e. The van der Waals surface area contributed by atoms with Crippen LogP contribution in [0.15, 0.2) is 0 Å². The van der Waals surface area contributed by atoms with E-state index in [2.05, 4.69) is 5.32 Å². The van der Waals surface area contributed by atoms with Crippen molar-refractivity contribution in [2.45, 2.75) is 78.6 Å².